The van der Waals surface area contributed by atoms with Crippen molar-refractivity contribution in [3.8, 4) is 0 Å². The molecule has 1 spiro atoms. The third-order valence-corrected chi connectivity index (χ3v) is 16.0. The minimum atomic E-state index is -1.79. The van der Waals surface area contributed by atoms with Crippen LogP contribution >= 0.6 is 0 Å². The van der Waals surface area contributed by atoms with Crippen molar-refractivity contribution in [2.24, 2.45) is 40.4 Å². The molecule has 0 aromatic carbocycles. The van der Waals surface area contributed by atoms with Crippen LogP contribution in [0.2, 0.25) is 18.1 Å². The third kappa shape index (κ3) is 4.20. The Morgan fingerprint density at radius 1 is 0.970 bits per heavy atom. The summed E-state index contributed by atoms with van der Waals surface area (Å²) >= 11 is 0. The molecule has 5 heteroatoms. The number of rotatable bonds is 5. The van der Waals surface area contributed by atoms with Gasteiger partial charge in [-0.2, -0.15) is 0 Å². The number of hydrogen-bond donors (Lipinski definition) is 1. The first-order chi connectivity index (χ1) is 15.3. The fourth-order valence-corrected chi connectivity index (χ4v) is 9.20. The maximum absolute atomic E-state index is 10.8. The predicted molar refractivity (Wildman–Crippen MR) is 137 cm³/mol. The molecule has 4 fully saturated rings. The molecule has 0 radical (unpaired) electrons. The van der Waals surface area contributed by atoms with Gasteiger partial charge in [-0.25, -0.2) is 0 Å². The van der Waals surface area contributed by atoms with Gasteiger partial charge in [-0.15, -0.1) is 0 Å². The van der Waals surface area contributed by atoms with Crippen molar-refractivity contribution in [2.75, 3.05) is 26.4 Å². The highest BCUT2D eigenvalue weighted by Crippen LogP contribution is 2.66. The fourth-order valence-electron chi connectivity index (χ4n) is 8.15. The first kappa shape index (κ1) is 26.1. The molecule has 0 unspecified atom stereocenters. The second kappa shape index (κ2) is 8.87. The van der Waals surface area contributed by atoms with Gasteiger partial charge in [0.05, 0.1) is 13.2 Å². The molecule has 192 valence electrons. The van der Waals surface area contributed by atoms with Crippen LogP contribution in [-0.2, 0) is 13.9 Å². The molecule has 0 bridgehead atoms. The topological polar surface area (TPSA) is 47.9 Å². The molecule has 1 N–H and O–H groups in total. The van der Waals surface area contributed by atoms with Crippen LogP contribution in [0.3, 0.4) is 0 Å². The van der Waals surface area contributed by atoms with Crippen LogP contribution in [0, 0.1) is 40.4 Å². The summed E-state index contributed by atoms with van der Waals surface area (Å²) in [6.45, 7) is 21.8. The lowest BCUT2D eigenvalue weighted by Crippen LogP contribution is -2.56. The van der Waals surface area contributed by atoms with Gasteiger partial charge in [-0.3, -0.25) is 0 Å². The van der Waals surface area contributed by atoms with Gasteiger partial charge >= 0.3 is 0 Å². The van der Waals surface area contributed by atoms with Crippen LogP contribution in [-0.4, -0.2) is 45.6 Å². The Kier molecular flexibility index (Phi) is 7.02. The van der Waals surface area contributed by atoms with Crippen molar-refractivity contribution in [2.45, 2.75) is 110 Å². The van der Waals surface area contributed by atoms with E-state index in [0.29, 0.717) is 30.3 Å². The SMILES string of the molecule is C[C@H]1CC[C@](C)([C@H]2CC[C@@]3(C)[C@@H](CCC34OCCO4)[C@@H]2CO)[C@@H](CO[Si](C)(C)C(C)(C)C)C1. The number of aliphatic hydroxyl groups is 1. The van der Waals surface area contributed by atoms with Crippen molar-refractivity contribution in [3.63, 3.8) is 0 Å². The quantitative estimate of drug-likeness (QED) is 0.449. The molecule has 1 heterocycles. The van der Waals surface area contributed by atoms with Crippen LogP contribution in [0.1, 0.15) is 86.5 Å². The van der Waals surface area contributed by atoms with Gasteiger partial charge in [0, 0.05) is 25.0 Å². The molecule has 4 rings (SSSR count). The molecule has 1 saturated heterocycles. The summed E-state index contributed by atoms with van der Waals surface area (Å²) < 4.78 is 19.4. The molecule has 1 aliphatic heterocycles. The molecular weight excluding hydrogens is 428 g/mol. The largest absolute Gasteiger partial charge is 0.417 e. The highest BCUT2D eigenvalue weighted by Gasteiger charge is 2.66. The van der Waals surface area contributed by atoms with E-state index in [4.69, 9.17) is 13.9 Å². The van der Waals surface area contributed by atoms with Gasteiger partial charge in [-0.1, -0.05) is 48.0 Å². The van der Waals surface area contributed by atoms with Crippen LogP contribution in [0.4, 0.5) is 0 Å². The van der Waals surface area contributed by atoms with Gasteiger partial charge in [0.2, 0.25) is 0 Å². The maximum atomic E-state index is 10.8. The zero-order valence-electron chi connectivity index (χ0n) is 22.8. The summed E-state index contributed by atoms with van der Waals surface area (Å²) in [5, 5.41) is 11.0. The number of fused-ring (bicyclic) bond motifs is 2. The van der Waals surface area contributed by atoms with Crippen LogP contribution in [0.15, 0.2) is 0 Å². The summed E-state index contributed by atoms with van der Waals surface area (Å²) in [5.74, 6) is 2.32. The van der Waals surface area contributed by atoms with E-state index in [0.717, 1.165) is 45.0 Å². The smallest absolute Gasteiger partial charge is 0.191 e. The van der Waals surface area contributed by atoms with Crippen LogP contribution < -0.4 is 0 Å². The van der Waals surface area contributed by atoms with Crippen LogP contribution in [0.5, 0.6) is 0 Å². The number of hydrogen-bond acceptors (Lipinski definition) is 4. The van der Waals surface area contributed by atoms with Crippen molar-refractivity contribution < 1.29 is 19.0 Å². The van der Waals surface area contributed by atoms with E-state index >= 15 is 0 Å². The average molecular weight is 481 g/mol. The molecule has 4 nitrogen and oxygen atoms in total. The lowest BCUT2D eigenvalue weighted by atomic mass is 9.49. The molecule has 33 heavy (non-hydrogen) atoms. The van der Waals surface area contributed by atoms with Gasteiger partial charge in [0.25, 0.3) is 0 Å². The number of ether oxygens (including phenoxy) is 2. The monoisotopic (exact) mass is 480 g/mol. The zero-order chi connectivity index (χ0) is 24.3. The van der Waals surface area contributed by atoms with E-state index in [1.54, 1.807) is 0 Å². The highest BCUT2D eigenvalue weighted by atomic mass is 28.4. The fraction of sp³-hybridized carbons (Fsp3) is 1.00. The molecular formula is C28H52O4Si. The van der Waals surface area contributed by atoms with E-state index in [-0.39, 0.29) is 15.9 Å². The second-order valence-electron chi connectivity index (χ2n) is 14.2. The summed E-state index contributed by atoms with van der Waals surface area (Å²) in [6.07, 6.45) is 8.27. The van der Waals surface area contributed by atoms with E-state index in [1.807, 2.05) is 0 Å². The van der Waals surface area contributed by atoms with Gasteiger partial charge < -0.3 is 19.0 Å². The molecule has 3 aliphatic carbocycles. The standard InChI is InChI=1S/C28H52O4Si/c1-20-9-12-26(5,21(17-20)19-32-33(7,8)25(2,3)4)23-10-13-27(6)24(22(23)18-29)11-14-28(27)30-15-16-31-28/h20-24,29H,9-19H2,1-8H3/t20-,21+,22+,23-,24-,26-,27-/m0/s1. The second-order valence-corrected chi connectivity index (χ2v) is 19.0. The summed E-state index contributed by atoms with van der Waals surface area (Å²) in [6, 6.07) is 0. The summed E-state index contributed by atoms with van der Waals surface area (Å²) in [7, 11) is -1.79. The summed E-state index contributed by atoms with van der Waals surface area (Å²) in [4.78, 5) is 0. The lowest BCUT2D eigenvalue weighted by molar-refractivity contribution is -0.245. The Bertz CT molecular complexity index is 697. The first-order valence-corrected chi connectivity index (χ1v) is 16.7. The zero-order valence-corrected chi connectivity index (χ0v) is 23.8. The number of aliphatic hydroxyl groups excluding tert-OH is 1. The normalized spacial score (nSPS) is 43.7. The molecule has 4 aliphatic rings. The Morgan fingerprint density at radius 2 is 1.61 bits per heavy atom. The van der Waals surface area contributed by atoms with E-state index in [9.17, 15) is 5.11 Å². The van der Waals surface area contributed by atoms with Gasteiger partial charge in [0.15, 0.2) is 14.1 Å². The highest BCUT2D eigenvalue weighted by molar-refractivity contribution is 6.74. The Labute approximate surface area is 204 Å². The average Bonchev–Trinajstić information content (AvgIpc) is 3.33. The summed E-state index contributed by atoms with van der Waals surface area (Å²) in [5.41, 5.74) is 0.260. The van der Waals surface area contributed by atoms with Crippen molar-refractivity contribution in [1.29, 1.82) is 0 Å². The van der Waals surface area contributed by atoms with Crippen molar-refractivity contribution >= 4 is 8.32 Å². The molecule has 0 aromatic rings. The van der Waals surface area contributed by atoms with Crippen LogP contribution in [0.25, 0.3) is 0 Å². The Morgan fingerprint density at radius 3 is 2.21 bits per heavy atom. The van der Waals surface area contributed by atoms with Gasteiger partial charge in [0.1, 0.15) is 0 Å². The first-order valence-electron chi connectivity index (χ1n) is 13.8. The Hall–Kier alpha value is 0.0569. The minimum absolute atomic E-state index is 0.0266. The minimum Gasteiger partial charge on any atom is -0.417 e. The molecule has 0 amide bonds. The van der Waals surface area contributed by atoms with Crippen molar-refractivity contribution in [1.82, 2.24) is 0 Å². The lowest BCUT2D eigenvalue weighted by Gasteiger charge is -2.58. The van der Waals surface area contributed by atoms with E-state index in [1.165, 1.54) is 25.7 Å². The maximum Gasteiger partial charge on any atom is 0.191 e. The predicted octanol–water partition coefficient (Wildman–Crippen LogP) is 6.63. The van der Waals surface area contributed by atoms with Gasteiger partial charge in [-0.05, 0) is 85.2 Å². The molecule has 3 saturated carbocycles. The third-order valence-electron chi connectivity index (χ3n) is 11.5. The Balaban J connectivity index is 1.58. The molecule has 7 atom stereocenters. The van der Waals surface area contributed by atoms with E-state index < -0.39 is 14.1 Å². The van der Waals surface area contributed by atoms with Crippen molar-refractivity contribution in [3.05, 3.63) is 0 Å². The molecule has 0 aromatic heterocycles. The van der Waals surface area contributed by atoms with E-state index in [2.05, 4.69) is 54.6 Å².